The third-order valence-corrected chi connectivity index (χ3v) is 2.36. The quantitative estimate of drug-likeness (QED) is 0.720. The molecule has 0 N–H and O–H groups in total. The second-order valence-corrected chi connectivity index (χ2v) is 7.10. The number of alkyl halides is 6. The highest BCUT2D eigenvalue weighted by atomic mass is 35.6. The molecular formula is C7H3Cl6N3. The molecule has 0 aliphatic rings. The average Bonchev–Trinajstić information content (AvgIpc) is 2.14. The highest BCUT2D eigenvalue weighted by Crippen LogP contribution is 2.39. The van der Waals surface area contributed by atoms with E-state index in [4.69, 9.17) is 69.6 Å². The van der Waals surface area contributed by atoms with E-state index in [-0.39, 0.29) is 17.5 Å². The van der Waals surface area contributed by atoms with Gasteiger partial charge in [-0.05, 0) is 6.08 Å². The Balaban J connectivity index is 3.39. The van der Waals surface area contributed by atoms with Crippen molar-refractivity contribution in [2.45, 2.75) is 7.59 Å². The van der Waals surface area contributed by atoms with Crippen molar-refractivity contribution in [3.63, 3.8) is 0 Å². The maximum absolute atomic E-state index is 5.62. The molecule has 88 valence electrons. The van der Waals surface area contributed by atoms with Gasteiger partial charge in [-0.2, -0.15) is 0 Å². The Labute approximate surface area is 122 Å². The minimum Gasteiger partial charge on any atom is -0.209 e. The van der Waals surface area contributed by atoms with E-state index in [2.05, 4.69) is 21.5 Å². The summed E-state index contributed by atoms with van der Waals surface area (Å²) in [5.74, 6) is -0.120. The van der Waals surface area contributed by atoms with Crippen LogP contribution in [0.25, 0.3) is 6.08 Å². The molecule has 0 radical (unpaired) electrons. The SMILES string of the molecule is C=Cc1nc(C(Cl)(Cl)Cl)nc(C(Cl)(Cl)Cl)n1. The topological polar surface area (TPSA) is 38.7 Å². The first-order valence-electron chi connectivity index (χ1n) is 3.67. The van der Waals surface area contributed by atoms with Crippen LogP contribution in [0.4, 0.5) is 0 Å². The van der Waals surface area contributed by atoms with E-state index in [9.17, 15) is 0 Å². The van der Waals surface area contributed by atoms with Crippen LogP contribution < -0.4 is 0 Å². The van der Waals surface area contributed by atoms with Crippen LogP contribution >= 0.6 is 69.6 Å². The zero-order valence-electron chi connectivity index (χ0n) is 7.39. The number of aromatic nitrogens is 3. The Morgan fingerprint density at radius 3 is 1.44 bits per heavy atom. The van der Waals surface area contributed by atoms with Crippen molar-refractivity contribution in [1.29, 1.82) is 0 Å². The predicted octanol–water partition coefficient (Wildman–Crippen LogP) is 4.17. The Morgan fingerprint density at radius 1 is 0.812 bits per heavy atom. The van der Waals surface area contributed by atoms with Gasteiger partial charge in [0, 0.05) is 0 Å². The van der Waals surface area contributed by atoms with Gasteiger partial charge in [-0.3, -0.25) is 0 Å². The van der Waals surface area contributed by atoms with Crippen LogP contribution in [-0.4, -0.2) is 15.0 Å². The zero-order valence-corrected chi connectivity index (χ0v) is 11.9. The summed E-state index contributed by atoms with van der Waals surface area (Å²) < 4.78 is -3.66. The lowest BCUT2D eigenvalue weighted by Gasteiger charge is -2.14. The number of hydrogen-bond acceptors (Lipinski definition) is 3. The number of hydrogen-bond donors (Lipinski definition) is 0. The van der Waals surface area contributed by atoms with Crippen molar-refractivity contribution in [3.05, 3.63) is 24.1 Å². The Morgan fingerprint density at radius 2 is 1.19 bits per heavy atom. The first-order chi connectivity index (χ1) is 7.14. The second-order valence-electron chi connectivity index (χ2n) is 2.54. The molecule has 0 aromatic carbocycles. The molecule has 0 saturated carbocycles. The molecule has 0 atom stereocenters. The summed E-state index contributed by atoms with van der Waals surface area (Å²) in [6.07, 6.45) is 1.32. The highest BCUT2D eigenvalue weighted by Gasteiger charge is 2.33. The molecule has 1 heterocycles. The summed E-state index contributed by atoms with van der Waals surface area (Å²) in [4.78, 5) is 11.4. The highest BCUT2D eigenvalue weighted by molar-refractivity contribution is 6.67. The standard InChI is InChI=1S/C7H3Cl6N3/c1-2-3-14-4(6(8,9)10)16-5(15-3)7(11,12)13/h2H,1H2. The van der Waals surface area contributed by atoms with Crippen molar-refractivity contribution >= 4 is 75.7 Å². The van der Waals surface area contributed by atoms with Gasteiger partial charge in [0.05, 0.1) is 0 Å². The van der Waals surface area contributed by atoms with Crippen molar-refractivity contribution < 1.29 is 0 Å². The number of nitrogens with zero attached hydrogens (tertiary/aromatic N) is 3. The molecule has 0 aliphatic carbocycles. The smallest absolute Gasteiger partial charge is 0.209 e. The number of halogens is 6. The van der Waals surface area contributed by atoms with Crippen LogP contribution in [0.2, 0.25) is 0 Å². The fourth-order valence-corrected chi connectivity index (χ4v) is 1.24. The van der Waals surface area contributed by atoms with Crippen LogP contribution in [0.3, 0.4) is 0 Å². The normalized spacial score (nSPS) is 12.6. The second kappa shape index (κ2) is 5.01. The van der Waals surface area contributed by atoms with E-state index in [1.165, 1.54) is 6.08 Å². The van der Waals surface area contributed by atoms with Crippen molar-refractivity contribution in [2.24, 2.45) is 0 Å². The minimum atomic E-state index is -1.83. The summed E-state index contributed by atoms with van der Waals surface area (Å²) in [5.41, 5.74) is 0. The fourth-order valence-electron chi connectivity index (χ4n) is 0.737. The van der Waals surface area contributed by atoms with Gasteiger partial charge in [-0.15, -0.1) is 0 Å². The van der Waals surface area contributed by atoms with Gasteiger partial charge in [-0.1, -0.05) is 76.2 Å². The van der Waals surface area contributed by atoms with Gasteiger partial charge in [0.2, 0.25) is 7.59 Å². The minimum absolute atomic E-state index is 0.135. The van der Waals surface area contributed by atoms with Crippen molar-refractivity contribution in [3.8, 4) is 0 Å². The lowest BCUT2D eigenvalue weighted by Crippen LogP contribution is -2.16. The molecule has 0 amide bonds. The molecule has 9 heteroatoms. The molecule has 1 aromatic rings. The zero-order chi connectivity index (χ0) is 12.6. The lowest BCUT2D eigenvalue weighted by atomic mass is 10.5. The average molecular weight is 342 g/mol. The Kier molecular flexibility index (Phi) is 4.55. The van der Waals surface area contributed by atoms with Gasteiger partial charge in [0.1, 0.15) is 0 Å². The summed E-state index contributed by atoms with van der Waals surface area (Å²) in [6, 6.07) is 0. The molecule has 3 nitrogen and oxygen atoms in total. The first-order valence-corrected chi connectivity index (χ1v) is 5.94. The van der Waals surface area contributed by atoms with Crippen molar-refractivity contribution in [2.75, 3.05) is 0 Å². The summed E-state index contributed by atoms with van der Waals surface area (Å²) in [5, 5.41) is 0. The van der Waals surface area contributed by atoms with Gasteiger partial charge < -0.3 is 0 Å². The molecule has 0 saturated heterocycles. The van der Waals surface area contributed by atoms with Crippen molar-refractivity contribution in [1.82, 2.24) is 15.0 Å². The third kappa shape index (κ3) is 3.76. The van der Waals surface area contributed by atoms with E-state index >= 15 is 0 Å². The summed E-state index contributed by atoms with van der Waals surface area (Å²) >= 11 is 33.7. The molecule has 0 fully saturated rings. The molecule has 0 unspecified atom stereocenters. The maximum atomic E-state index is 5.62. The van der Waals surface area contributed by atoms with E-state index in [1.54, 1.807) is 0 Å². The summed E-state index contributed by atoms with van der Waals surface area (Å²) in [7, 11) is 0. The molecule has 1 aromatic heterocycles. The van der Waals surface area contributed by atoms with Gasteiger partial charge >= 0.3 is 0 Å². The first kappa shape index (κ1) is 14.6. The third-order valence-electron chi connectivity index (χ3n) is 1.34. The largest absolute Gasteiger partial charge is 0.250 e. The predicted molar refractivity (Wildman–Crippen MR) is 68.4 cm³/mol. The molecule has 1 rings (SSSR count). The van der Waals surface area contributed by atoms with E-state index in [0.29, 0.717) is 0 Å². The Bertz CT molecular complexity index is 375. The van der Waals surface area contributed by atoms with Gasteiger partial charge in [0.25, 0.3) is 0 Å². The van der Waals surface area contributed by atoms with Crippen LogP contribution in [0.5, 0.6) is 0 Å². The monoisotopic (exact) mass is 339 g/mol. The molecule has 0 aliphatic heterocycles. The summed E-state index contributed by atoms with van der Waals surface area (Å²) in [6.45, 7) is 3.47. The van der Waals surface area contributed by atoms with Crippen LogP contribution in [0, 0.1) is 0 Å². The lowest BCUT2D eigenvalue weighted by molar-refractivity contribution is 0.835. The van der Waals surface area contributed by atoms with Crippen LogP contribution in [0.1, 0.15) is 17.5 Å². The van der Waals surface area contributed by atoms with Crippen LogP contribution in [-0.2, 0) is 7.59 Å². The van der Waals surface area contributed by atoms with Crippen LogP contribution in [0.15, 0.2) is 6.58 Å². The molecule has 16 heavy (non-hydrogen) atoms. The molecule has 0 spiro atoms. The number of rotatable bonds is 1. The van der Waals surface area contributed by atoms with E-state index in [0.717, 1.165) is 0 Å². The van der Waals surface area contributed by atoms with E-state index < -0.39 is 7.59 Å². The van der Waals surface area contributed by atoms with Gasteiger partial charge in [-0.25, -0.2) is 15.0 Å². The molecule has 0 bridgehead atoms. The fraction of sp³-hybridized carbons (Fsp3) is 0.286. The Hall–Kier alpha value is 0.490. The molecular weight excluding hydrogens is 339 g/mol. The maximum Gasteiger partial charge on any atom is 0.250 e. The van der Waals surface area contributed by atoms with E-state index in [1.807, 2.05) is 0 Å². The van der Waals surface area contributed by atoms with Gasteiger partial charge in [0.15, 0.2) is 17.5 Å².